The van der Waals surface area contributed by atoms with Gasteiger partial charge < -0.3 is 9.47 Å². The topological polar surface area (TPSA) is 35.5 Å². The summed E-state index contributed by atoms with van der Waals surface area (Å²) in [5, 5.41) is 0. The van der Waals surface area contributed by atoms with Crippen molar-refractivity contribution in [2.24, 2.45) is 5.41 Å². The van der Waals surface area contributed by atoms with Gasteiger partial charge in [0, 0.05) is 25.1 Å². The number of carbonyl (C=O) groups is 1. The Hall–Kier alpha value is -1.01. The molecule has 0 saturated heterocycles. The number of hydrogen-bond donors (Lipinski definition) is 0. The quantitative estimate of drug-likeness (QED) is 0.421. The predicted molar refractivity (Wildman–Crippen MR) is 63.9 cm³/mol. The highest BCUT2D eigenvalue weighted by atomic mass is 16.6. The van der Waals surface area contributed by atoms with Crippen LogP contribution in [0.25, 0.3) is 0 Å². The van der Waals surface area contributed by atoms with E-state index in [-0.39, 0.29) is 5.41 Å². The molecule has 0 amide bonds. The van der Waals surface area contributed by atoms with Crippen molar-refractivity contribution in [1.29, 1.82) is 0 Å². The Bertz CT molecular complexity index is 287. The highest BCUT2D eigenvalue weighted by Gasteiger charge is 2.17. The minimum atomic E-state index is -0.484. The lowest BCUT2D eigenvalue weighted by Crippen LogP contribution is -2.23. The van der Waals surface area contributed by atoms with Gasteiger partial charge in [0.25, 0.3) is 0 Å². The van der Waals surface area contributed by atoms with Gasteiger partial charge in [0.2, 0.25) is 0 Å². The molecule has 92 valence electrons. The molecule has 0 aromatic rings. The van der Waals surface area contributed by atoms with E-state index >= 15 is 0 Å². The number of ether oxygens (including phenoxy) is 2. The number of carbonyl (C=O) groups excluding carboxylic acids is 1. The lowest BCUT2D eigenvalue weighted by molar-refractivity contribution is -0.147. The van der Waals surface area contributed by atoms with Crippen molar-refractivity contribution in [2.75, 3.05) is 13.7 Å². The van der Waals surface area contributed by atoms with E-state index in [0.717, 1.165) is 6.42 Å². The van der Waals surface area contributed by atoms with Crippen LogP contribution < -0.4 is 0 Å². The molecular formula is C13H22O3. The fourth-order valence-corrected chi connectivity index (χ4v) is 0.944. The summed E-state index contributed by atoms with van der Waals surface area (Å²) >= 11 is 0. The lowest BCUT2D eigenvalue weighted by atomic mass is 9.91. The number of esters is 1. The van der Waals surface area contributed by atoms with Crippen LogP contribution in [0, 0.1) is 17.3 Å². The van der Waals surface area contributed by atoms with Gasteiger partial charge in [-0.05, 0) is 41.0 Å². The highest BCUT2D eigenvalue weighted by molar-refractivity contribution is 5.88. The van der Waals surface area contributed by atoms with Gasteiger partial charge in [-0.25, -0.2) is 4.79 Å². The van der Waals surface area contributed by atoms with E-state index in [1.807, 2.05) is 34.6 Å². The minimum Gasteiger partial charge on any atom is -0.450 e. The summed E-state index contributed by atoms with van der Waals surface area (Å²) in [7, 11) is 1.65. The summed E-state index contributed by atoms with van der Waals surface area (Å²) in [5.41, 5.74) is -0.713. The third-order valence-electron chi connectivity index (χ3n) is 1.83. The second-order valence-electron chi connectivity index (χ2n) is 5.38. The third kappa shape index (κ3) is 8.31. The second kappa shape index (κ2) is 5.91. The maximum Gasteiger partial charge on any atom is 0.384 e. The molecule has 3 nitrogen and oxygen atoms in total. The Morgan fingerprint density at radius 2 is 1.75 bits per heavy atom. The van der Waals surface area contributed by atoms with Gasteiger partial charge in [-0.15, -0.1) is 0 Å². The van der Waals surface area contributed by atoms with Crippen molar-refractivity contribution in [3.8, 4) is 11.8 Å². The minimum absolute atomic E-state index is 0.229. The zero-order valence-corrected chi connectivity index (χ0v) is 11.1. The van der Waals surface area contributed by atoms with Gasteiger partial charge in [-0.1, -0.05) is 5.92 Å². The summed E-state index contributed by atoms with van der Waals surface area (Å²) in [6.45, 7) is 10.1. The van der Waals surface area contributed by atoms with E-state index in [2.05, 4.69) is 11.8 Å². The van der Waals surface area contributed by atoms with Crippen LogP contribution in [-0.4, -0.2) is 25.3 Å². The van der Waals surface area contributed by atoms with Crippen LogP contribution in [0.1, 0.15) is 41.0 Å². The van der Waals surface area contributed by atoms with Crippen LogP contribution in [0.2, 0.25) is 0 Å². The fraction of sp³-hybridized carbons (Fsp3) is 0.769. The molecule has 0 aliphatic rings. The van der Waals surface area contributed by atoms with Gasteiger partial charge in [-0.3, -0.25) is 0 Å². The second-order valence-corrected chi connectivity index (χ2v) is 5.38. The fourth-order valence-electron chi connectivity index (χ4n) is 0.944. The zero-order chi connectivity index (χ0) is 12.8. The van der Waals surface area contributed by atoms with Crippen LogP contribution >= 0.6 is 0 Å². The molecule has 0 aliphatic heterocycles. The predicted octanol–water partition coefficient (Wildman–Crippen LogP) is 2.39. The molecule has 0 radical (unpaired) electrons. The first-order valence-corrected chi connectivity index (χ1v) is 5.41. The molecule has 3 heteroatoms. The molecule has 0 aromatic carbocycles. The smallest absolute Gasteiger partial charge is 0.384 e. The van der Waals surface area contributed by atoms with Gasteiger partial charge in [0.05, 0.1) is 0 Å². The highest BCUT2D eigenvalue weighted by Crippen LogP contribution is 2.18. The van der Waals surface area contributed by atoms with Crippen molar-refractivity contribution in [3.63, 3.8) is 0 Å². The summed E-state index contributed by atoms with van der Waals surface area (Å²) in [5.74, 6) is 4.96. The average Bonchev–Trinajstić information content (AvgIpc) is 2.09. The molecule has 0 spiro atoms. The Kier molecular flexibility index (Phi) is 5.53. The SMILES string of the molecule is COCCC(C)(C)C#CC(=O)OC(C)(C)C. The Morgan fingerprint density at radius 3 is 2.19 bits per heavy atom. The maximum absolute atomic E-state index is 11.4. The third-order valence-corrected chi connectivity index (χ3v) is 1.83. The Labute approximate surface area is 98.5 Å². The van der Waals surface area contributed by atoms with Crippen LogP contribution in [0.3, 0.4) is 0 Å². The van der Waals surface area contributed by atoms with Gasteiger partial charge in [-0.2, -0.15) is 0 Å². The van der Waals surface area contributed by atoms with Crippen LogP contribution in [0.5, 0.6) is 0 Å². The van der Waals surface area contributed by atoms with Crippen molar-refractivity contribution >= 4 is 5.97 Å². The molecule has 0 bridgehead atoms. The number of hydrogen-bond acceptors (Lipinski definition) is 3. The van der Waals surface area contributed by atoms with E-state index < -0.39 is 11.6 Å². The van der Waals surface area contributed by atoms with Crippen molar-refractivity contribution in [2.45, 2.75) is 46.6 Å². The van der Waals surface area contributed by atoms with Crippen molar-refractivity contribution in [3.05, 3.63) is 0 Å². The molecule has 0 fully saturated rings. The molecule has 0 atom stereocenters. The molecular weight excluding hydrogens is 204 g/mol. The zero-order valence-electron chi connectivity index (χ0n) is 11.1. The molecule has 16 heavy (non-hydrogen) atoms. The first-order valence-electron chi connectivity index (χ1n) is 5.41. The van der Waals surface area contributed by atoms with E-state index in [1.165, 1.54) is 0 Å². The molecule has 0 aliphatic carbocycles. The summed E-state index contributed by atoms with van der Waals surface area (Å²) in [6.07, 6.45) is 0.791. The summed E-state index contributed by atoms with van der Waals surface area (Å²) in [4.78, 5) is 11.4. The van der Waals surface area contributed by atoms with Crippen LogP contribution in [0.15, 0.2) is 0 Å². The Balaban J connectivity index is 4.32. The van der Waals surface area contributed by atoms with E-state index in [4.69, 9.17) is 9.47 Å². The molecule has 0 aromatic heterocycles. The monoisotopic (exact) mass is 226 g/mol. The molecule has 0 rings (SSSR count). The average molecular weight is 226 g/mol. The van der Waals surface area contributed by atoms with Gasteiger partial charge in [0.15, 0.2) is 0 Å². The van der Waals surface area contributed by atoms with E-state index in [9.17, 15) is 4.79 Å². The number of methoxy groups -OCH3 is 1. The van der Waals surface area contributed by atoms with Gasteiger partial charge >= 0.3 is 5.97 Å². The lowest BCUT2D eigenvalue weighted by Gasteiger charge is -2.18. The van der Waals surface area contributed by atoms with Gasteiger partial charge in [0.1, 0.15) is 5.60 Å². The first-order chi connectivity index (χ1) is 7.16. The van der Waals surface area contributed by atoms with Crippen molar-refractivity contribution in [1.82, 2.24) is 0 Å². The van der Waals surface area contributed by atoms with E-state index in [1.54, 1.807) is 7.11 Å². The summed E-state index contributed by atoms with van der Waals surface area (Å²) in [6, 6.07) is 0. The maximum atomic E-state index is 11.4. The molecule has 0 N–H and O–H groups in total. The standard InChI is InChI=1S/C13H22O3/c1-12(2,3)16-11(14)7-8-13(4,5)9-10-15-6/h9-10H2,1-6H3. The molecule has 0 saturated carbocycles. The van der Waals surface area contributed by atoms with E-state index in [0.29, 0.717) is 6.61 Å². The number of rotatable bonds is 3. The molecule has 0 unspecified atom stereocenters. The Morgan fingerprint density at radius 1 is 1.19 bits per heavy atom. The van der Waals surface area contributed by atoms with Crippen LogP contribution in [-0.2, 0) is 14.3 Å². The summed E-state index contributed by atoms with van der Waals surface area (Å²) < 4.78 is 10.1. The largest absolute Gasteiger partial charge is 0.450 e. The molecule has 0 heterocycles. The van der Waals surface area contributed by atoms with Crippen LogP contribution in [0.4, 0.5) is 0 Å². The van der Waals surface area contributed by atoms with Crippen molar-refractivity contribution < 1.29 is 14.3 Å². The normalized spacial score (nSPS) is 11.6. The first kappa shape index (κ1) is 15.0.